The molecule has 126 valence electrons. The zero-order valence-corrected chi connectivity index (χ0v) is 12.6. The molecule has 1 aromatic carbocycles. The Labute approximate surface area is 135 Å². The number of aromatic nitrogens is 2. The van der Waals surface area contributed by atoms with Gasteiger partial charge in [-0.2, -0.15) is 0 Å². The minimum Gasteiger partial charge on any atom is -0.497 e. The van der Waals surface area contributed by atoms with Gasteiger partial charge in [0.25, 0.3) is 0 Å². The Hall–Kier alpha value is -2.97. The van der Waals surface area contributed by atoms with Crippen molar-refractivity contribution in [1.29, 1.82) is 0 Å². The number of benzene rings is 1. The van der Waals surface area contributed by atoms with Crippen LogP contribution in [-0.2, 0) is 4.79 Å². The molecule has 0 spiro atoms. The maximum Gasteiger partial charge on any atom is 0.327 e. The van der Waals surface area contributed by atoms with Crippen molar-refractivity contribution in [1.82, 2.24) is 20.2 Å². The van der Waals surface area contributed by atoms with E-state index in [1.165, 1.54) is 25.8 Å². The Balaban J connectivity index is 1.90. The number of halogens is 2. The van der Waals surface area contributed by atoms with E-state index in [1.807, 2.05) is 0 Å². The number of methoxy groups -OCH3 is 1. The molecule has 1 aromatic heterocycles. The molecule has 2 amide bonds. The van der Waals surface area contributed by atoms with Crippen molar-refractivity contribution in [2.45, 2.75) is 12.0 Å². The maximum absolute atomic E-state index is 14.3. The molecule has 1 aliphatic heterocycles. The zero-order valence-electron chi connectivity index (χ0n) is 12.6. The lowest BCUT2D eigenvalue weighted by Gasteiger charge is -2.20. The highest BCUT2D eigenvalue weighted by Crippen LogP contribution is 2.31. The van der Waals surface area contributed by atoms with Gasteiger partial charge in [-0.3, -0.25) is 9.36 Å². The van der Waals surface area contributed by atoms with Crippen molar-refractivity contribution < 1.29 is 23.1 Å². The number of rotatable bonds is 3. The van der Waals surface area contributed by atoms with E-state index in [9.17, 15) is 18.4 Å². The first-order chi connectivity index (χ1) is 11.5. The Morgan fingerprint density at radius 2 is 2.12 bits per heavy atom. The lowest BCUT2D eigenvalue weighted by molar-refractivity contribution is -0.120. The van der Waals surface area contributed by atoms with E-state index in [4.69, 9.17) is 4.74 Å². The quantitative estimate of drug-likeness (QED) is 0.876. The Bertz CT molecular complexity index is 756. The van der Waals surface area contributed by atoms with Gasteiger partial charge in [-0.25, -0.2) is 18.6 Å². The third-order valence-corrected chi connectivity index (χ3v) is 3.86. The molecule has 0 radical (unpaired) electrons. The van der Waals surface area contributed by atoms with E-state index in [0.717, 1.165) is 16.7 Å². The molecule has 0 saturated carbocycles. The van der Waals surface area contributed by atoms with Crippen LogP contribution in [0, 0.1) is 11.6 Å². The highest BCUT2D eigenvalue weighted by atomic mass is 19.1. The second-order valence-corrected chi connectivity index (χ2v) is 5.25. The summed E-state index contributed by atoms with van der Waals surface area (Å²) >= 11 is 0. The van der Waals surface area contributed by atoms with Crippen LogP contribution in [0.5, 0.6) is 5.75 Å². The summed E-state index contributed by atoms with van der Waals surface area (Å²) in [6.07, 6.45) is 4.05. The van der Waals surface area contributed by atoms with Gasteiger partial charge in [0.15, 0.2) is 0 Å². The molecule has 1 aliphatic rings. The van der Waals surface area contributed by atoms with E-state index in [1.54, 1.807) is 0 Å². The van der Waals surface area contributed by atoms with Gasteiger partial charge in [-0.05, 0) is 0 Å². The number of nitrogens with zero attached hydrogens (tertiary/aromatic N) is 2. The lowest BCUT2D eigenvalue weighted by atomic mass is 9.93. The Morgan fingerprint density at radius 1 is 1.42 bits per heavy atom. The molecular weight excluding hydrogens is 322 g/mol. The minimum absolute atomic E-state index is 0.00781. The summed E-state index contributed by atoms with van der Waals surface area (Å²) < 4.78 is 34.5. The number of amides is 2. The van der Waals surface area contributed by atoms with Crippen LogP contribution in [0.15, 0.2) is 30.9 Å². The van der Waals surface area contributed by atoms with Crippen molar-refractivity contribution in [3.05, 3.63) is 48.1 Å². The van der Waals surface area contributed by atoms with E-state index in [-0.39, 0.29) is 17.9 Å². The predicted octanol–water partition coefficient (Wildman–Crippen LogP) is 1.01. The van der Waals surface area contributed by atoms with Gasteiger partial charge in [-0.15, -0.1) is 0 Å². The molecular formula is C15H14F2N4O3. The number of hydrogen-bond donors (Lipinski definition) is 2. The van der Waals surface area contributed by atoms with Gasteiger partial charge in [0.1, 0.15) is 29.8 Å². The maximum atomic E-state index is 14.3. The molecule has 1 saturated heterocycles. The van der Waals surface area contributed by atoms with Crippen molar-refractivity contribution in [3.8, 4) is 5.75 Å². The highest BCUT2D eigenvalue weighted by molar-refractivity contribution is 5.90. The van der Waals surface area contributed by atoms with Gasteiger partial charge < -0.3 is 15.4 Å². The number of carbonyl (C=O) groups excluding carboxylic acids is 2. The summed E-state index contributed by atoms with van der Waals surface area (Å²) in [6, 6.07) is 0.359. The van der Waals surface area contributed by atoms with Crippen LogP contribution in [0.1, 0.15) is 11.5 Å². The predicted molar refractivity (Wildman–Crippen MR) is 78.6 cm³/mol. The molecule has 3 rings (SSSR count). The van der Waals surface area contributed by atoms with Crippen LogP contribution >= 0.6 is 0 Å². The molecule has 2 N–H and O–H groups in total. The molecule has 2 heterocycles. The molecule has 2 atom stereocenters. The summed E-state index contributed by atoms with van der Waals surface area (Å²) in [5.41, 5.74) is -0.273. The second-order valence-electron chi connectivity index (χ2n) is 5.25. The number of imidazole rings is 1. The number of hydrogen-bond acceptors (Lipinski definition) is 4. The molecule has 9 heteroatoms. The summed E-state index contributed by atoms with van der Waals surface area (Å²) in [5, 5.41) is 4.98. The van der Waals surface area contributed by atoms with Crippen LogP contribution in [0.2, 0.25) is 0 Å². The van der Waals surface area contributed by atoms with Gasteiger partial charge in [-0.1, -0.05) is 0 Å². The van der Waals surface area contributed by atoms with Gasteiger partial charge in [0.05, 0.1) is 7.11 Å². The van der Waals surface area contributed by atoms with E-state index >= 15 is 0 Å². The van der Waals surface area contributed by atoms with E-state index < -0.39 is 35.5 Å². The normalized spacial score (nSPS) is 19.9. The fourth-order valence-electron chi connectivity index (χ4n) is 2.68. The number of carbonyl (C=O) groups is 2. The molecule has 0 aliphatic carbocycles. The van der Waals surface area contributed by atoms with Crippen molar-refractivity contribution in [2.75, 3.05) is 13.7 Å². The third-order valence-electron chi connectivity index (χ3n) is 3.86. The van der Waals surface area contributed by atoms with Crippen LogP contribution in [-0.4, -0.2) is 41.2 Å². The Morgan fingerprint density at radius 3 is 2.71 bits per heavy atom. The van der Waals surface area contributed by atoms with E-state index in [2.05, 4.69) is 15.6 Å². The zero-order chi connectivity index (χ0) is 17.3. The average molecular weight is 336 g/mol. The van der Waals surface area contributed by atoms with Gasteiger partial charge in [0.2, 0.25) is 5.91 Å². The van der Waals surface area contributed by atoms with Crippen LogP contribution in [0.3, 0.4) is 0 Å². The Kier molecular flexibility index (Phi) is 4.15. The minimum atomic E-state index is -1.10. The first kappa shape index (κ1) is 15.9. The summed E-state index contributed by atoms with van der Waals surface area (Å²) in [6.45, 7) is 0.00781. The van der Waals surface area contributed by atoms with Gasteiger partial charge >= 0.3 is 6.03 Å². The molecule has 0 bridgehead atoms. The number of nitrogens with one attached hydrogen (secondary N) is 2. The summed E-state index contributed by atoms with van der Waals surface area (Å²) in [4.78, 5) is 27.8. The smallest absolute Gasteiger partial charge is 0.327 e. The van der Waals surface area contributed by atoms with E-state index in [0.29, 0.717) is 0 Å². The van der Waals surface area contributed by atoms with Crippen LogP contribution in [0.4, 0.5) is 13.6 Å². The van der Waals surface area contributed by atoms with Crippen molar-refractivity contribution >= 4 is 11.9 Å². The highest BCUT2D eigenvalue weighted by Gasteiger charge is 2.40. The molecule has 0 unspecified atom stereocenters. The molecule has 24 heavy (non-hydrogen) atoms. The van der Waals surface area contributed by atoms with Crippen molar-refractivity contribution in [2.24, 2.45) is 0 Å². The molecule has 2 aromatic rings. The van der Waals surface area contributed by atoms with Gasteiger partial charge in [0, 0.05) is 42.6 Å². The molecule has 1 fully saturated rings. The average Bonchev–Trinajstić information content (AvgIpc) is 3.19. The fraction of sp³-hybridized carbons (Fsp3) is 0.267. The largest absolute Gasteiger partial charge is 0.497 e. The standard InChI is InChI=1S/C15H14F2N4O3/c1-24-8-4-10(16)12(11(17)5-8)9-6-19-14(22)13(9)20-15(23)21-3-2-18-7-21/h2-5,7,9,13H,6H2,1H3,(H,19,22)(H,20,23)/t9-,13-/m0/s1. The SMILES string of the molecule is COc1cc(F)c([C@@H]2CNC(=O)[C@H]2NC(=O)n2ccnc2)c(F)c1. The monoisotopic (exact) mass is 336 g/mol. The number of ether oxygens (including phenoxy) is 1. The first-order valence-corrected chi connectivity index (χ1v) is 7.10. The lowest BCUT2D eigenvalue weighted by Crippen LogP contribution is -2.44. The molecule has 7 nitrogen and oxygen atoms in total. The van der Waals surface area contributed by atoms with Crippen LogP contribution in [0.25, 0.3) is 0 Å². The second kappa shape index (κ2) is 6.26. The van der Waals surface area contributed by atoms with Crippen molar-refractivity contribution in [3.63, 3.8) is 0 Å². The third kappa shape index (κ3) is 2.80. The topological polar surface area (TPSA) is 85.3 Å². The van der Waals surface area contributed by atoms with Crippen LogP contribution < -0.4 is 15.4 Å². The first-order valence-electron chi connectivity index (χ1n) is 7.10. The summed E-state index contributed by atoms with van der Waals surface area (Å²) in [5.74, 6) is -3.03. The fourth-order valence-corrected chi connectivity index (χ4v) is 2.68. The summed E-state index contributed by atoms with van der Waals surface area (Å²) in [7, 11) is 1.29.